The van der Waals surface area contributed by atoms with Crippen molar-refractivity contribution in [2.45, 2.75) is 77.5 Å². The van der Waals surface area contributed by atoms with Crippen LogP contribution in [0.3, 0.4) is 0 Å². The minimum atomic E-state index is -0.547. The highest BCUT2D eigenvalue weighted by atomic mass is 16.6. The molecule has 0 radical (unpaired) electrons. The molecule has 3 atom stereocenters. The molecule has 2 aromatic heterocycles. The predicted molar refractivity (Wildman–Crippen MR) is 172 cm³/mol. The van der Waals surface area contributed by atoms with E-state index in [9.17, 15) is 9.59 Å². The van der Waals surface area contributed by atoms with Gasteiger partial charge in [-0.15, -0.1) is 10.2 Å². The van der Waals surface area contributed by atoms with Crippen molar-refractivity contribution in [3.8, 4) is 22.5 Å². The van der Waals surface area contributed by atoms with Gasteiger partial charge in [0.05, 0.1) is 23.9 Å². The van der Waals surface area contributed by atoms with Gasteiger partial charge in [0, 0.05) is 18.4 Å². The summed E-state index contributed by atoms with van der Waals surface area (Å²) in [6.07, 6.45) is 7.63. The summed E-state index contributed by atoms with van der Waals surface area (Å²) in [5.74, 6) is 0.405. The van der Waals surface area contributed by atoms with Crippen LogP contribution in [0.5, 0.6) is 0 Å². The minimum Gasteiger partial charge on any atom is -0.415 e. The number of H-pyrrole nitrogens is 1. The van der Waals surface area contributed by atoms with E-state index in [4.69, 9.17) is 9.72 Å². The summed E-state index contributed by atoms with van der Waals surface area (Å²) in [6.45, 7) is 4.77. The molecule has 2 unspecified atom stereocenters. The number of ether oxygens (including phenoxy) is 1. The number of nitrogens with one attached hydrogen (secondary N) is 1. The summed E-state index contributed by atoms with van der Waals surface area (Å²) in [4.78, 5) is 33.5. The Hall–Kier alpha value is -4.70. The van der Waals surface area contributed by atoms with Crippen molar-refractivity contribution in [3.63, 3.8) is 0 Å². The molecule has 10 nitrogen and oxygen atoms in total. The van der Waals surface area contributed by atoms with E-state index in [0.29, 0.717) is 18.8 Å². The summed E-state index contributed by atoms with van der Waals surface area (Å²) in [5, 5.41) is 14.6. The predicted octanol–water partition coefficient (Wildman–Crippen LogP) is 7.26. The number of nitrogens with zero attached hydrogens (tertiary/aromatic N) is 6. The Balaban J connectivity index is 1.34. The van der Waals surface area contributed by atoms with Crippen LogP contribution in [-0.4, -0.2) is 59.2 Å². The fourth-order valence-corrected chi connectivity index (χ4v) is 6.67. The fraction of sp³-hybridized carbons (Fsp3) is 0.371. The number of amides is 2. The van der Waals surface area contributed by atoms with Gasteiger partial charge in [-0.1, -0.05) is 93.3 Å². The van der Waals surface area contributed by atoms with Crippen LogP contribution in [0.15, 0.2) is 79.1 Å². The zero-order valence-electron chi connectivity index (χ0n) is 25.9. The van der Waals surface area contributed by atoms with Gasteiger partial charge in [0.2, 0.25) is 5.82 Å². The zero-order chi connectivity index (χ0) is 31.2. The number of rotatable bonds is 11. The van der Waals surface area contributed by atoms with Gasteiger partial charge < -0.3 is 9.30 Å². The van der Waals surface area contributed by atoms with E-state index in [1.807, 2.05) is 84.3 Å². The van der Waals surface area contributed by atoms with Crippen LogP contribution < -0.4 is 0 Å². The number of aromatic nitrogens is 6. The monoisotopic (exact) mass is 606 g/mol. The smallest absolute Gasteiger partial charge is 0.415 e. The van der Waals surface area contributed by atoms with Crippen molar-refractivity contribution in [1.82, 2.24) is 30.2 Å². The van der Waals surface area contributed by atoms with Crippen LogP contribution in [0, 0.1) is 0 Å². The van der Waals surface area contributed by atoms with Crippen molar-refractivity contribution >= 4 is 23.0 Å². The highest BCUT2D eigenvalue weighted by Crippen LogP contribution is 2.37. The maximum atomic E-state index is 14.8. The first-order chi connectivity index (χ1) is 22.0. The third kappa shape index (κ3) is 6.02. The van der Waals surface area contributed by atoms with Crippen LogP contribution in [0.1, 0.15) is 70.4 Å². The highest BCUT2D eigenvalue weighted by Gasteiger charge is 2.56. The molecule has 1 saturated heterocycles. The summed E-state index contributed by atoms with van der Waals surface area (Å²) in [7, 11) is 0. The maximum absolute atomic E-state index is 14.8. The van der Waals surface area contributed by atoms with Gasteiger partial charge in [0.15, 0.2) is 6.04 Å². The first-order valence-electron chi connectivity index (χ1n) is 16.0. The van der Waals surface area contributed by atoms with Gasteiger partial charge in [0.1, 0.15) is 12.6 Å². The molecular formula is C35H40N7O3+. The van der Waals surface area contributed by atoms with E-state index in [2.05, 4.69) is 27.5 Å². The lowest BCUT2D eigenvalue weighted by molar-refractivity contribution is -0.794. The first-order valence-corrected chi connectivity index (χ1v) is 16.0. The number of likely N-dealkylation sites (tertiary alicyclic amines) is 1. The molecule has 2 amide bonds. The highest BCUT2D eigenvalue weighted by molar-refractivity contribution is 5.89. The standard InChI is InChI=1S/C35H40N7O3/c1-3-4-5-9-18-32(34(43)42(21-12-13-25(42)2)35(44)45-23-26-14-7-6-8-15-26)41-24-36-30-22-27(19-20-31(30)41)28-16-10-11-17-29(28)33-37-39-40-38-33/h6-8,10-11,14-17,19-20,22,24-25,32H,3-5,9,12-13,18,21,23H2,1-2H3,(H,37,38,39,40)/q+1/t25-,32?,42?/m1/s1. The summed E-state index contributed by atoms with van der Waals surface area (Å²) < 4.78 is 7.57. The van der Waals surface area contributed by atoms with Crippen LogP contribution in [0.4, 0.5) is 4.79 Å². The van der Waals surface area contributed by atoms with Gasteiger partial charge in [-0.3, -0.25) is 0 Å². The first kappa shape index (κ1) is 30.3. The van der Waals surface area contributed by atoms with E-state index in [1.54, 1.807) is 6.33 Å². The number of aromatic amines is 1. The second kappa shape index (κ2) is 13.5. The molecule has 0 aliphatic carbocycles. The molecule has 3 aromatic carbocycles. The lowest BCUT2D eigenvalue weighted by Crippen LogP contribution is -2.61. The average Bonchev–Trinajstić information content (AvgIpc) is 3.85. The van der Waals surface area contributed by atoms with Gasteiger partial charge in [-0.25, -0.2) is 9.78 Å². The number of imide groups is 1. The largest absolute Gasteiger partial charge is 0.524 e. The molecule has 10 heteroatoms. The maximum Gasteiger partial charge on any atom is 0.524 e. The average molecular weight is 607 g/mol. The Morgan fingerprint density at radius 2 is 1.82 bits per heavy atom. The number of benzene rings is 3. The minimum absolute atomic E-state index is 0.111. The molecule has 1 fully saturated rings. The van der Waals surface area contributed by atoms with E-state index >= 15 is 0 Å². The normalized spacial score (nSPS) is 18.7. The second-order valence-electron chi connectivity index (χ2n) is 12.0. The zero-order valence-corrected chi connectivity index (χ0v) is 25.9. The van der Waals surface area contributed by atoms with Crippen molar-refractivity contribution in [1.29, 1.82) is 0 Å². The quantitative estimate of drug-likeness (QED) is 0.124. The molecule has 5 aromatic rings. The molecule has 1 aliphatic rings. The van der Waals surface area contributed by atoms with Crippen LogP contribution in [0.2, 0.25) is 0 Å². The molecular weight excluding hydrogens is 566 g/mol. The van der Waals surface area contributed by atoms with Gasteiger partial charge in [-0.05, 0) is 47.4 Å². The van der Waals surface area contributed by atoms with E-state index in [1.165, 1.54) is 0 Å². The number of hydrogen-bond donors (Lipinski definition) is 1. The van der Waals surface area contributed by atoms with Gasteiger partial charge in [0.25, 0.3) is 0 Å². The third-order valence-corrected chi connectivity index (χ3v) is 9.16. The fourth-order valence-electron chi connectivity index (χ4n) is 6.67. The molecule has 0 bridgehead atoms. The van der Waals surface area contributed by atoms with E-state index < -0.39 is 12.1 Å². The topological polar surface area (TPSA) is 116 Å². The molecule has 0 spiro atoms. The summed E-state index contributed by atoms with van der Waals surface area (Å²) in [5.41, 5.74) is 5.30. The van der Waals surface area contributed by atoms with E-state index in [-0.39, 0.29) is 23.0 Å². The van der Waals surface area contributed by atoms with Crippen molar-refractivity contribution in [3.05, 3.63) is 84.7 Å². The van der Waals surface area contributed by atoms with Crippen molar-refractivity contribution < 1.29 is 18.8 Å². The molecule has 1 N–H and O–H groups in total. The SMILES string of the molecule is CCCCCCC(C(=O)[N+]1(C(=O)OCc2ccccc2)CCC[C@H]1C)n1cnc2cc(-c3ccccc3-c3nn[nH]n3)ccc21. The lowest BCUT2D eigenvalue weighted by Gasteiger charge is -2.34. The molecule has 6 rings (SSSR count). The molecule has 232 valence electrons. The van der Waals surface area contributed by atoms with Gasteiger partial charge >= 0.3 is 12.0 Å². The second-order valence-corrected chi connectivity index (χ2v) is 12.0. The number of hydrogen-bond acceptors (Lipinski definition) is 7. The Bertz CT molecular complexity index is 1750. The lowest BCUT2D eigenvalue weighted by atomic mass is 9.98. The Morgan fingerprint density at radius 3 is 2.56 bits per heavy atom. The molecule has 0 saturated carbocycles. The summed E-state index contributed by atoms with van der Waals surface area (Å²) >= 11 is 0. The molecule has 3 heterocycles. The van der Waals surface area contributed by atoms with E-state index in [0.717, 1.165) is 71.8 Å². The number of fused-ring (bicyclic) bond motifs is 1. The van der Waals surface area contributed by atoms with Crippen LogP contribution in [-0.2, 0) is 16.1 Å². The number of tetrazole rings is 1. The Kier molecular flexibility index (Phi) is 9.11. The number of imidazole rings is 1. The number of carbonyl (C=O) groups excluding carboxylic acids is 2. The number of quaternary nitrogens is 1. The Morgan fingerprint density at radius 1 is 1.02 bits per heavy atom. The van der Waals surface area contributed by atoms with Crippen LogP contribution in [0.25, 0.3) is 33.5 Å². The van der Waals surface area contributed by atoms with Gasteiger partial charge in [-0.2, -0.15) is 14.5 Å². The molecule has 45 heavy (non-hydrogen) atoms. The third-order valence-electron chi connectivity index (χ3n) is 9.16. The van der Waals surface area contributed by atoms with Crippen molar-refractivity contribution in [2.75, 3.05) is 6.54 Å². The number of carbonyl (C=O) groups is 2. The van der Waals surface area contributed by atoms with Crippen molar-refractivity contribution in [2.24, 2.45) is 0 Å². The van der Waals surface area contributed by atoms with Crippen LogP contribution >= 0.6 is 0 Å². The Labute approximate surface area is 263 Å². The molecule has 1 aliphatic heterocycles. The summed E-state index contributed by atoms with van der Waals surface area (Å²) in [6, 6.07) is 22.9. The number of unbranched alkanes of at least 4 members (excludes halogenated alkanes) is 3.